The number of fused-ring (bicyclic) bond motifs is 1. The minimum absolute atomic E-state index is 0.162. The van der Waals surface area contributed by atoms with Gasteiger partial charge in [-0.3, -0.25) is 4.31 Å². The fraction of sp³-hybridized carbons (Fsp3) is 0.333. The molecule has 3 rings (SSSR count). The maximum absolute atomic E-state index is 13.5. The van der Waals surface area contributed by atoms with E-state index >= 15 is 0 Å². The fourth-order valence-corrected chi connectivity index (χ4v) is 5.39. The average Bonchev–Trinajstić information content (AvgIpc) is 2.46. The summed E-state index contributed by atoms with van der Waals surface area (Å²) in [6.07, 6.45) is -0.623. The van der Waals surface area contributed by atoms with Crippen LogP contribution < -0.4 is 4.31 Å². The maximum atomic E-state index is 13.5. The van der Waals surface area contributed by atoms with Crippen LogP contribution in [0, 0.1) is 26.6 Å². The number of aliphatic hydroxyl groups excluding tert-OH is 1. The summed E-state index contributed by atoms with van der Waals surface area (Å²) < 4.78 is 41.3. The molecule has 1 heterocycles. The van der Waals surface area contributed by atoms with Crippen molar-refractivity contribution in [1.82, 2.24) is 0 Å². The topological polar surface area (TPSA) is 57.6 Å². The Morgan fingerprint density at radius 2 is 1.75 bits per heavy atom. The van der Waals surface area contributed by atoms with Gasteiger partial charge in [0.2, 0.25) is 0 Å². The van der Waals surface area contributed by atoms with E-state index in [-0.39, 0.29) is 17.9 Å². The highest BCUT2D eigenvalue weighted by molar-refractivity contribution is 7.93. The van der Waals surface area contributed by atoms with Crippen molar-refractivity contribution in [3.05, 3.63) is 58.4 Å². The van der Waals surface area contributed by atoms with Crippen molar-refractivity contribution in [2.45, 2.75) is 38.2 Å². The summed E-state index contributed by atoms with van der Waals surface area (Å²) in [5.41, 5.74) is 3.02. The first-order valence-electron chi connectivity index (χ1n) is 7.80. The first-order valence-corrected chi connectivity index (χ1v) is 9.24. The van der Waals surface area contributed by atoms with Gasteiger partial charge in [-0.2, -0.15) is 0 Å². The summed E-state index contributed by atoms with van der Waals surface area (Å²) >= 11 is 0. The van der Waals surface area contributed by atoms with Crippen LogP contribution in [0.3, 0.4) is 0 Å². The summed E-state index contributed by atoms with van der Waals surface area (Å²) in [5.74, 6) is -0.491. The molecule has 0 saturated carbocycles. The van der Waals surface area contributed by atoms with Gasteiger partial charge in [0.05, 0.1) is 16.7 Å². The molecule has 1 aliphatic rings. The predicted octanol–water partition coefficient (Wildman–Crippen LogP) is 3.38. The van der Waals surface area contributed by atoms with E-state index in [2.05, 4.69) is 0 Å². The molecule has 6 heteroatoms. The smallest absolute Gasteiger partial charge is 0.264 e. The van der Waals surface area contributed by atoms with Crippen molar-refractivity contribution in [3.8, 4) is 0 Å². The van der Waals surface area contributed by atoms with E-state index in [0.717, 1.165) is 5.56 Å². The van der Waals surface area contributed by atoms with Crippen LogP contribution in [0.5, 0.6) is 0 Å². The van der Waals surface area contributed by atoms with E-state index < -0.39 is 21.9 Å². The Hall–Kier alpha value is -1.92. The lowest BCUT2D eigenvalue weighted by atomic mass is 10.0. The fourth-order valence-electron chi connectivity index (χ4n) is 3.47. The van der Waals surface area contributed by atoms with Crippen LogP contribution in [0.2, 0.25) is 0 Å². The molecule has 0 bridgehead atoms. The highest BCUT2D eigenvalue weighted by Gasteiger charge is 2.34. The quantitative estimate of drug-likeness (QED) is 0.904. The number of halogens is 1. The minimum atomic E-state index is -3.79. The molecule has 24 heavy (non-hydrogen) atoms. The zero-order chi connectivity index (χ0) is 17.6. The van der Waals surface area contributed by atoms with Crippen molar-refractivity contribution in [1.29, 1.82) is 0 Å². The van der Waals surface area contributed by atoms with Crippen LogP contribution in [0.1, 0.15) is 34.8 Å². The number of hydrogen-bond donors (Lipinski definition) is 1. The van der Waals surface area contributed by atoms with E-state index in [4.69, 9.17) is 0 Å². The number of rotatable bonds is 2. The van der Waals surface area contributed by atoms with Gasteiger partial charge in [-0.25, -0.2) is 12.8 Å². The molecular formula is C18H20FNO3S. The number of anilines is 1. The van der Waals surface area contributed by atoms with Gasteiger partial charge in [-0.05, 0) is 56.5 Å². The second-order valence-electron chi connectivity index (χ2n) is 6.31. The third kappa shape index (κ3) is 2.70. The molecule has 1 unspecified atom stereocenters. The molecule has 4 nitrogen and oxygen atoms in total. The van der Waals surface area contributed by atoms with Crippen molar-refractivity contribution in [2.75, 3.05) is 10.8 Å². The molecule has 1 atom stereocenters. The monoisotopic (exact) mass is 349 g/mol. The molecule has 2 aromatic carbocycles. The third-order valence-electron chi connectivity index (χ3n) is 4.38. The second kappa shape index (κ2) is 5.86. The van der Waals surface area contributed by atoms with Gasteiger partial charge in [0.25, 0.3) is 10.0 Å². The molecule has 0 saturated heterocycles. The van der Waals surface area contributed by atoms with Crippen molar-refractivity contribution in [3.63, 3.8) is 0 Å². The number of sulfonamides is 1. The van der Waals surface area contributed by atoms with Crippen LogP contribution in [0.4, 0.5) is 10.1 Å². The molecule has 0 aromatic heterocycles. The Balaban J connectivity index is 2.18. The Morgan fingerprint density at radius 3 is 2.38 bits per heavy atom. The molecule has 0 aliphatic carbocycles. The number of aryl methyl sites for hydroxylation is 3. The van der Waals surface area contributed by atoms with Gasteiger partial charge in [-0.15, -0.1) is 0 Å². The van der Waals surface area contributed by atoms with Crippen LogP contribution in [0.15, 0.2) is 35.2 Å². The lowest BCUT2D eigenvalue weighted by molar-refractivity contribution is 0.166. The van der Waals surface area contributed by atoms with Crippen LogP contribution in [-0.4, -0.2) is 20.1 Å². The zero-order valence-corrected chi connectivity index (χ0v) is 14.7. The minimum Gasteiger partial charge on any atom is -0.388 e. The van der Waals surface area contributed by atoms with Gasteiger partial charge in [-0.1, -0.05) is 17.7 Å². The summed E-state index contributed by atoms with van der Waals surface area (Å²) in [6, 6.07) is 7.52. The second-order valence-corrected chi connectivity index (χ2v) is 8.11. The number of aliphatic hydroxyl groups is 1. The lowest BCUT2D eigenvalue weighted by Crippen LogP contribution is -2.37. The lowest BCUT2D eigenvalue weighted by Gasteiger charge is -2.33. The molecule has 1 aliphatic heterocycles. The van der Waals surface area contributed by atoms with Gasteiger partial charge in [0, 0.05) is 12.1 Å². The zero-order valence-electron chi connectivity index (χ0n) is 13.9. The SMILES string of the molecule is Cc1cc(C)c(S(=O)(=O)N2CCC(O)c3cc(F)ccc32)c(C)c1. The molecule has 1 N–H and O–H groups in total. The summed E-state index contributed by atoms with van der Waals surface area (Å²) in [4.78, 5) is 0.278. The predicted molar refractivity (Wildman–Crippen MR) is 91.2 cm³/mol. The summed E-state index contributed by atoms with van der Waals surface area (Å²) in [6.45, 7) is 5.63. The molecule has 2 aromatic rings. The van der Waals surface area contributed by atoms with Gasteiger partial charge in [0.15, 0.2) is 0 Å². The maximum Gasteiger partial charge on any atom is 0.264 e. The molecule has 0 spiro atoms. The first kappa shape index (κ1) is 16.9. The van der Waals surface area contributed by atoms with E-state index in [1.807, 2.05) is 19.1 Å². The van der Waals surface area contributed by atoms with Crippen LogP contribution in [0.25, 0.3) is 0 Å². The Morgan fingerprint density at radius 1 is 1.12 bits per heavy atom. The highest BCUT2D eigenvalue weighted by Crippen LogP contribution is 2.38. The van der Waals surface area contributed by atoms with E-state index in [0.29, 0.717) is 22.4 Å². The molecule has 128 valence electrons. The molecule has 0 fully saturated rings. The highest BCUT2D eigenvalue weighted by atomic mass is 32.2. The summed E-state index contributed by atoms with van der Waals surface area (Å²) in [5, 5.41) is 10.1. The van der Waals surface area contributed by atoms with Crippen LogP contribution >= 0.6 is 0 Å². The normalized spacial score (nSPS) is 17.7. The van der Waals surface area contributed by atoms with Crippen molar-refractivity contribution < 1.29 is 17.9 Å². The van der Waals surface area contributed by atoms with Crippen molar-refractivity contribution in [2.24, 2.45) is 0 Å². The Bertz CT molecular complexity index is 885. The standard InChI is InChI=1S/C18H20FNO3S/c1-11-8-12(2)18(13(3)9-11)24(22,23)20-7-6-17(21)15-10-14(19)4-5-16(15)20/h4-5,8-10,17,21H,6-7H2,1-3H3. The first-order chi connectivity index (χ1) is 11.2. The summed E-state index contributed by atoms with van der Waals surface area (Å²) in [7, 11) is -3.79. The van der Waals surface area contributed by atoms with Crippen LogP contribution in [-0.2, 0) is 10.0 Å². The Kier molecular flexibility index (Phi) is 4.13. The van der Waals surface area contributed by atoms with Gasteiger partial charge < -0.3 is 5.11 Å². The molecule has 0 radical (unpaired) electrons. The van der Waals surface area contributed by atoms with Gasteiger partial charge >= 0.3 is 0 Å². The van der Waals surface area contributed by atoms with E-state index in [1.165, 1.54) is 22.5 Å². The average molecular weight is 349 g/mol. The van der Waals surface area contributed by atoms with Gasteiger partial charge in [0.1, 0.15) is 5.82 Å². The largest absolute Gasteiger partial charge is 0.388 e. The number of nitrogens with zero attached hydrogens (tertiary/aromatic N) is 1. The Labute approximate surface area is 141 Å². The third-order valence-corrected chi connectivity index (χ3v) is 6.50. The molecule has 0 amide bonds. The molecular weight excluding hydrogens is 329 g/mol. The van der Waals surface area contributed by atoms with Crippen molar-refractivity contribution >= 4 is 15.7 Å². The number of hydrogen-bond acceptors (Lipinski definition) is 3. The van der Waals surface area contributed by atoms with E-state index in [9.17, 15) is 17.9 Å². The number of benzene rings is 2. The van der Waals surface area contributed by atoms with E-state index in [1.54, 1.807) is 13.8 Å².